The molecular formula is C12H20N4. The van der Waals surface area contributed by atoms with Gasteiger partial charge in [-0.05, 0) is 30.7 Å². The quantitative estimate of drug-likeness (QED) is 0.847. The van der Waals surface area contributed by atoms with Crippen molar-refractivity contribution in [2.75, 3.05) is 23.7 Å². The number of hydrogen-bond acceptors (Lipinski definition) is 4. The van der Waals surface area contributed by atoms with Crippen LogP contribution >= 0.6 is 0 Å². The number of hydrogen-bond donors (Lipinski definition) is 1. The number of anilines is 2. The van der Waals surface area contributed by atoms with Gasteiger partial charge in [-0.3, -0.25) is 0 Å². The Hall–Kier alpha value is -1.32. The van der Waals surface area contributed by atoms with Crippen molar-refractivity contribution in [1.82, 2.24) is 9.97 Å². The number of nitrogens with two attached hydrogens (primary N) is 1. The second-order valence-corrected chi connectivity index (χ2v) is 4.65. The Bertz CT molecular complexity index is 360. The van der Waals surface area contributed by atoms with Crippen LogP contribution in [-0.4, -0.2) is 23.1 Å². The van der Waals surface area contributed by atoms with Crippen LogP contribution in [-0.2, 0) is 0 Å². The molecule has 1 aliphatic heterocycles. The van der Waals surface area contributed by atoms with E-state index in [1.165, 1.54) is 19.3 Å². The van der Waals surface area contributed by atoms with E-state index in [0.717, 1.165) is 18.9 Å². The molecule has 0 aromatic carbocycles. The Morgan fingerprint density at radius 2 is 2.19 bits per heavy atom. The normalized spacial score (nSPS) is 19.0. The summed E-state index contributed by atoms with van der Waals surface area (Å²) < 4.78 is 0. The third kappa shape index (κ3) is 1.96. The lowest BCUT2D eigenvalue weighted by Gasteiger charge is -2.26. The highest BCUT2D eigenvalue weighted by atomic mass is 15.2. The minimum Gasteiger partial charge on any atom is -0.368 e. The molecular weight excluding hydrogens is 200 g/mol. The minimum absolute atomic E-state index is 0.364. The number of nitrogens with zero attached hydrogens (tertiary/aromatic N) is 3. The van der Waals surface area contributed by atoms with E-state index in [0.29, 0.717) is 11.4 Å². The SMILES string of the molecule is CCC1(CC)CCN(c2ccnc(N)n2)C1. The first-order valence-corrected chi connectivity index (χ1v) is 6.02. The summed E-state index contributed by atoms with van der Waals surface area (Å²) >= 11 is 0. The largest absolute Gasteiger partial charge is 0.368 e. The van der Waals surface area contributed by atoms with Crippen molar-refractivity contribution < 1.29 is 0 Å². The molecule has 4 nitrogen and oxygen atoms in total. The molecule has 2 N–H and O–H groups in total. The molecule has 1 saturated heterocycles. The Morgan fingerprint density at radius 3 is 2.75 bits per heavy atom. The fourth-order valence-electron chi connectivity index (χ4n) is 2.50. The minimum atomic E-state index is 0.364. The molecule has 16 heavy (non-hydrogen) atoms. The van der Waals surface area contributed by atoms with Crippen molar-refractivity contribution in [1.29, 1.82) is 0 Å². The van der Waals surface area contributed by atoms with Gasteiger partial charge in [0.1, 0.15) is 5.82 Å². The van der Waals surface area contributed by atoms with Crippen LogP contribution < -0.4 is 10.6 Å². The van der Waals surface area contributed by atoms with E-state index in [4.69, 9.17) is 5.73 Å². The van der Waals surface area contributed by atoms with Crippen LogP contribution in [0.5, 0.6) is 0 Å². The van der Waals surface area contributed by atoms with Crippen molar-refractivity contribution in [3.05, 3.63) is 12.3 Å². The molecule has 0 saturated carbocycles. The summed E-state index contributed by atoms with van der Waals surface area (Å²) in [5.74, 6) is 1.33. The van der Waals surface area contributed by atoms with E-state index in [2.05, 4.69) is 28.7 Å². The Balaban J connectivity index is 2.14. The summed E-state index contributed by atoms with van der Waals surface area (Å²) in [6.45, 7) is 6.73. The number of aromatic nitrogens is 2. The van der Waals surface area contributed by atoms with Gasteiger partial charge in [-0.15, -0.1) is 0 Å². The van der Waals surface area contributed by atoms with Gasteiger partial charge in [0.15, 0.2) is 0 Å². The van der Waals surface area contributed by atoms with Gasteiger partial charge in [-0.1, -0.05) is 13.8 Å². The third-order valence-corrected chi connectivity index (χ3v) is 3.92. The molecule has 0 bridgehead atoms. The van der Waals surface area contributed by atoms with Gasteiger partial charge < -0.3 is 10.6 Å². The van der Waals surface area contributed by atoms with Crippen molar-refractivity contribution in [3.63, 3.8) is 0 Å². The topological polar surface area (TPSA) is 55.0 Å². The first-order chi connectivity index (χ1) is 7.69. The Labute approximate surface area is 96.9 Å². The van der Waals surface area contributed by atoms with Crippen LogP contribution in [0.2, 0.25) is 0 Å². The van der Waals surface area contributed by atoms with Gasteiger partial charge in [-0.25, -0.2) is 4.98 Å². The molecule has 88 valence electrons. The molecule has 2 rings (SSSR count). The number of nitrogen functional groups attached to an aromatic ring is 1. The maximum atomic E-state index is 5.61. The number of rotatable bonds is 3. The Morgan fingerprint density at radius 1 is 1.44 bits per heavy atom. The zero-order valence-corrected chi connectivity index (χ0v) is 10.1. The summed E-state index contributed by atoms with van der Waals surface area (Å²) in [5.41, 5.74) is 6.08. The molecule has 4 heteroatoms. The molecule has 1 fully saturated rings. The van der Waals surface area contributed by atoms with Gasteiger partial charge in [0.25, 0.3) is 0 Å². The third-order valence-electron chi connectivity index (χ3n) is 3.92. The van der Waals surface area contributed by atoms with Crippen LogP contribution in [0.4, 0.5) is 11.8 Å². The smallest absolute Gasteiger partial charge is 0.221 e. The maximum Gasteiger partial charge on any atom is 0.221 e. The van der Waals surface area contributed by atoms with Crippen molar-refractivity contribution in [3.8, 4) is 0 Å². The fraction of sp³-hybridized carbons (Fsp3) is 0.667. The summed E-state index contributed by atoms with van der Waals surface area (Å²) in [6, 6.07) is 1.94. The average molecular weight is 220 g/mol. The molecule has 0 unspecified atom stereocenters. The van der Waals surface area contributed by atoms with Gasteiger partial charge in [0, 0.05) is 19.3 Å². The highest BCUT2D eigenvalue weighted by molar-refractivity contribution is 5.42. The van der Waals surface area contributed by atoms with Gasteiger partial charge in [0.2, 0.25) is 5.95 Å². The van der Waals surface area contributed by atoms with Gasteiger partial charge >= 0.3 is 0 Å². The molecule has 2 heterocycles. The van der Waals surface area contributed by atoms with Gasteiger partial charge in [0.05, 0.1) is 0 Å². The molecule has 0 atom stereocenters. The predicted octanol–water partition coefficient (Wildman–Crippen LogP) is 2.08. The molecule has 1 aromatic heterocycles. The van der Waals surface area contributed by atoms with E-state index >= 15 is 0 Å². The van der Waals surface area contributed by atoms with E-state index in [1.807, 2.05) is 6.07 Å². The summed E-state index contributed by atoms with van der Waals surface area (Å²) in [7, 11) is 0. The second kappa shape index (κ2) is 4.28. The Kier molecular flexibility index (Phi) is 2.99. The highest BCUT2D eigenvalue weighted by Gasteiger charge is 2.35. The first-order valence-electron chi connectivity index (χ1n) is 6.02. The fourth-order valence-corrected chi connectivity index (χ4v) is 2.50. The van der Waals surface area contributed by atoms with E-state index in [1.54, 1.807) is 6.20 Å². The van der Waals surface area contributed by atoms with Crippen molar-refractivity contribution >= 4 is 11.8 Å². The monoisotopic (exact) mass is 220 g/mol. The lowest BCUT2D eigenvalue weighted by Crippen LogP contribution is -2.26. The summed E-state index contributed by atoms with van der Waals surface area (Å²) in [4.78, 5) is 10.5. The molecule has 0 aliphatic carbocycles. The van der Waals surface area contributed by atoms with Crippen LogP contribution in [0, 0.1) is 5.41 Å². The zero-order chi connectivity index (χ0) is 11.6. The van der Waals surface area contributed by atoms with Crippen LogP contribution in [0.15, 0.2) is 12.3 Å². The molecule has 0 amide bonds. The standard InChI is InChI=1S/C12H20N4/c1-3-12(4-2)6-8-16(9-12)10-5-7-14-11(13)15-10/h5,7H,3-4,6,8-9H2,1-2H3,(H2,13,14,15). The summed E-state index contributed by atoms with van der Waals surface area (Å²) in [5, 5.41) is 0. The summed E-state index contributed by atoms with van der Waals surface area (Å²) in [6.07, 6.45) is 5.46. The lowest BCUT2D eigenvalue weighted by atomic mass is 9.82. The zero-order valence-electron chi connectivity index (χ0n) is 10.1. The lowest BCUT2D eigenvalue weighted by molar-refractivity contribution is 0.301. The molecule has 0 spiro atoms. The average Bonchev–Trinajstić information content (AvgIpc) is 2.74. The van der Waals surface area contributed by atoms with Crippen molar-refractivity contribution in [2.24, 2.45) is 5.41 Å². The maximum absolute atomic E-state index is 5.61. The predicted molar refractivity (Wildman–Crippen MR) is 66.3 cm³/mol. The van der Waals surface area contributed by atoms with Gasteiger partial charge in [-0.2, -0.15) is 4.98 Å². The van der Waals surface area contributed by atoms with E-state index < -0.39 is 0 Å². The molecule has 0 radical (unpaired) electrons. The first kappa shape index (κ1) is 11.2. The molecule has 1 aliphatic rings. The van der Waals surface area contributed by atoms with Crippen LogP contribution in [0.3, 0.4) is 0 Å². The van der Waals surface area contributed by atoms with Crippen molar-refractivity contribution in [2.45, 2.75) is 33.1 Å². The van der Waals surface area contributed by atoms with Crippen LogP contribution in [0.25, 0.3) is 0 Å². The van der Waals surface area contributed by atoms with E-state index in [-0.39, 0.29) is 0 Å². The second-order valence-electron chi connectivity index (χ2n) is 4.65. The van der Waals surface area contributed by atoms with Crippen LogP contribution in [0.1, 0.15) is 33.1 Å². The molecule has 1 aromatic rings. The van der Waals surface area contributed by atoms with E-state index in [9.17, 15) is 0 Å². The highest BCUT2D eigenvalue weighted by Crippen LogP contribution is 2.38.